The molecule has 0 atom stereocenters. The number of hydrogen-bond donors (Lipinski definition) is 0. The molecule has 0 aromatic rings. The molecule has 0 fully saturated rings. The van der Waals surface area contributed by atoms with Crippen LogP contribution in [0.4, 0.5) is 0 Å². The molecule has 0 radical (unpaired) electrons. The molecule has 22 heavy (non-hydrogen) atoms. The Hall–Kier alpha value is -1.63. The minimum absolute atomic E-state index is 0.0473. The fourth-order valence-electron chi connectivity index (χ4n) is 1.93. The first-order valence-electron chi connectivity index (χ1n) is 7.06. The van der Waals surface area contributed by atoms with Gasteiger partial charge in [-0.05, 0) is 26.7 Å². The van der Waals surface area contributed by atoms with E-state index in [2.05, 4.69) is 13.2 Å². The lowest BCUT2D eigenvalue weighted by molar-refractivity contribution is -0.172. The molecule has 0 unspecified atom stereocenters. The van der Waals surface area contributed by atoms with Crippen LogP contribution in [0.2, 0.25) is 0 Å². The lowest BCUT2D eigenvalue weighted by Gasteiger charge is -2.27. The minimum Gasteiger partial charge on any atom is -0.465 e. The quantitative estimate of drug-likeness (QED) is 0.325. The van der Waals surface area contributed by atoms with Crippen LogP contribution < -0.4 is 0 Å². The molecule has 0 aliphatic rings. The number of allylic oxidation sites excluding steroid dienone is 1. The average molecular weight is 332 g/mol. The van der Waals surface area contributed by atoms with Crippen molar-refractivity contribution in [3.05, 3.63) is 25.3 Å². The topological polar surface area (TPSA) is 86.7 Å². The highest BCUT2D eigenvalue weighted by molar-refractivity contribution is 7.91. The van der Waals surface area contributed by atoms with Crippen molar-refractivity contribution in [3.8, 4) is 0 Å². The highest BCUT2D eigenvalue weighted by Crippen LogP contribution is 2.32. The summed E-state index contributed by atoms with van der Waals surface area (Å²) in [6.07, 6.45) is 2.38. The lowest BCUT2D eigenvalue weighted by atomic mass is 9.81. The van der Waals surface area contributed by atoms with Crippen LogP contribution in [0.5, 0.6) is 0 Å². The van der Waals surface area contributed by atoms with Gasteiger partial charge in [0.15, 0.2) is 15.3 Å². The molecule has 0 amide bonds. The van der Waals surface area contributed by atoms with Crippen molar-refractivity contribution in [2.45, 2.75) is 26.7 Å². The Morgan fingerprint density at radius 3 is 1.91 bits per heavy atom. The summed E-state index contributed by atoms with van der Waals surface area (Å²) in [7, 11) is -3.45. The van der Waals surface area contributed by atoms with Gasteiger partial charge in [-0.1, -0.05) is 12.2 Å². The van der Waals surface area contributed by atoms with Gasteiger partial charge >= 0.3 is 11.9 Å². The van der Waals surface area contributed by atoms with Gasteiger partial charge in [-0.15, -0.1) is 13.2 Å². The summed E-state index contributed by atoms with van der Waals surface area (Å²) in [5.74, 6) is -2.14. The number of esters is 2. The second kappa shape index (κ2) is 9.40. The fourth-order valence-corrected chi connectivity index (χ4v) is 3.12. The molecular formula is C15H24O6S. The predicted molar refractivity (Wildman–Crippen MR) is 84.0 cm³/mol. The molecule has 6 nitrogen and oxygen atoms in total. The maximum atomic E-state index is 12.3. The zero-order valence-corrected chi connectivity index (χ0v) is 14.0. The molecule has 0 spiro atoms. The Bertz CT molecular complexity index is 488. The average Bonchev–Trinajstić information content (AvgIpc) is 2.43. The van der Waals surface area contributed by atoms with E-state index in [1.165, 1.54) is 12.2 Å². The second-order valence-corrected chi connectivity index (χ2v) is 6.90. The van der Waals surface area contributed by atoms with Gasteiger partial charge in [0.25, 0.3) is 0 Å². The second-order valence-electron chi connectivity index (χ2n) is 4.67. The Morgan fingerprint density at radius 1 is 1.05 bits per heavy atom. The number of carbonyl (C=O) groups is 2. The molecule has 7 heteroatoms. The summed E-state index contributed by atoms with van der Waals surface area (Å²) < 4.78 is 33.6. The first-order valence-corrected chi connectivity index (χ1v) is 8.88. The Morgan fingerprint density at radius 2 is 1.55 bits per heavy atom. The SMILES string of the molecule is C=CCC(CCS(=O)(=O)CC=C)(C(=O)OCC)C(=O)OCC. The third kappa shape index (κ3) is 5.63. The van der Waals surface area contributed by atoms with E-state index in [9.17, 15) is 18.0 Å². The van der Waals surface area contributed by atoms with Crippen LogP contribution in [0.3, 0.4) is 0 Å². The van der Waals surface area contributed by atoms with Gasteiger partial charge in [-0.3, -0.25) is 9.59 Å². The van der Waals surface area contributed by atoms with Crippen molar-refractivity contribution < 1.29 is 27.5 Å². The number of rotatable bonds is 11. The molecule has 0 aromatic heterocycles. The number of carbonyl (C=O) groups excluding carboxylic acids is 2. The third-order valence-electron chi connectivity index (χ3n) is 3.04. The van der Waals surface area contributed by atoms with E-state index in [1.807, 2.05) is 0 Å². The van der Waals surface area contributed by atoms with Crippen molar-refractivity contribution in [1.29, 1.82) is 0 Å². The van der Waals surface area contributed by atoms with E-state index >= 15 is 0 Å². The highest BCUT2D eigenvalue weighted by Gasteiger charge is 2.48. The zero-order valence-electron chi connectivity index (χ0n) is 13.2. The maximum absolute atomic E-state index is 12.3. The van der Waals surface area contributed by atoms with Gasteiger partial charge in [0.1, 0.15) is 0 Å². The van der Waals surface area contributed by atoms with Crippen molar-refractivity contribution in [2.75, 3.05) is 24.7 Å². The summed E-state index contributed by atoms with van der Waals surface area (Å²) in [5, 5.41) is 0. The van der Waals surface area contributed by atoms with Gasteiger partial charge in [0.2, 0.25) is 0 Å². The van der Waals surface area contributed by atoms with Crippen molar-refractivity contribution in [2.24, 2.45) is 5.41 Å². The lowest BCUT2D eigenvalue weighted by Crippen LogP contribution is -2.43. The van der Waals surface area contributed by atoms with Crippen molar-refractivity contribution in [3.63, 3.8) is 0 Å². The molecule has 0 saturated heterocycles. The van der Waals surface area contributed by atoms with Gasteiger partial charge in [-0.25, -0.2) is 8.42 Å². The van der Waals surface area contributed by atoms with E-state index < -0.39 is 27.2 Å². The van der Waals surface area contributed by atoms with Crippen LogP contribution in [0.15, 0.2) is 25.3 Å². The summed E-state index contributed by atoms with van der Waals surface area (Å²) in [4.78, 5) is 24.5. The summed E-state index contributed by atoms with van der Waals surface area (Å²) in [6, 6.07) is 0. The zero-order chi connectivity index (χ0) is 17.2. The van der Waals surface area contributed by atoms with Crippen LogP contribution in [-0.4, -0.2) is 45.1 Å². The van der Waals surface area contributed by atoms with E-state index in [-0.39, 0.29) is 37.6 Å². The van der Waals surface area contributed by atoms with Crippen molar-refractivity contribution >= 4 is 21.8 Å². The number of hydrogen-bond acceptors (Lipinski definition) is 6. The first kappa shape index (κ1) is 20.4. The molecule has 126 valence electrons. The molecular weight excluding hydrogens is 308 g/mol. The predicted octanol–water partition coefficient (Wildman–Crippen LogP) is 1.67. The normalized spacial score (nSPS) is 11.5. The molecule has 0 aliphatic heterocycles. The fraction of sp³-hybridized carbons (Fsp3) is 0.600. The third-order valence-corrected chi connectivity index (χ3v) is 4.61. The smallest absolute Gasteiger partial charge is 0.323 e. The van der Waals surface area contributed by atoms with Crippen LogP contribution in [0.1, 0.15) is 26.7 Å². The molecule has 0 heterocycles. The molecule has 0 aromatic carbocycles. The van der Waals surface area contributed by atoms with Crippen LogP contribution in [0, 0.1) is 5.41 Å². The molecule has 0 bridgehead atoms. The van der Waals surface area contributed by atoms with E-state index in [0.29, 0.717) is 0 Å². The van der Waals surface area contributed by atoms with Crippen molar-refractivity contribution in [1.82, 2.24) is 0 Å². The summed E-state index contributed by atoms with van der Waals surface area (Å²) >= 11 is 0. The standard InChI is InChI=1S/C15H24O6S/c1-5-9-15(13(16)20-7-3,14(17)21-8-4)10-12-22(18,19)11-6-2/h5-6H,1-2,7-12H2,3-4H3. The minimum atomic E-state index is -3.45. The van der Waals surface area contributed by atoms with E-state index in [1.54, 1.807) is 13.8 Å². The Kier molecular flexibility index (Phi) is 8.70. The Labute approximate surface area is 132 Å². The van der Waals surface area contributed by atoms with Crippen LogP contribution >= 0.6 is 0 Å². The first-order chi connectivity index (χ1) is 10.3. The number of sulfone groups is 1. The monoisotopic (exact) mass is 332 g/mol. The molecule has 0 saturated carbocycles. The van der Waals surface area contributed by atoms with Gasteiger partial charge in [0.05, 0.1) is 24.7 Å². The molecule has 0 N–H and O–H groups in total. The Balaban J connectivity index is 5.52. The highest BCUT2D eigenvalue weighted by atomic mass is 32.2. The number of ether oxygens (including phenoxy) is 2. The van der Waals surface area contributed by atoms with Gasteiger partial charge < -0.3 is 9.47 Å². The largest absolute Gasteiger partial charge is 0.465 e. The van der Waals surface area contributed by atoms with Gasteiger partial charge in [-0.2, -0.15) is 0 Å². The van der Waals surface area contributed by atoms with Crippen LogP contribution in [-0.2, 0) is 28.9 Å². The van der Waals surface area contributed by atoms with E-state index in [0.717, 1.165) is 0 Å². The summed E-state index contributed by atoms with van der Waals surface area (Å²) in [6.45, 7) is 10.3. The van der Waals surface area contributed by atoms with Gasteiger partial charge in [0, 0.05) is 0 Å². The molecule has 0 aliphatic carbocycles. The maximum Gasteiger partial charge on any atom is 0.323 e. The van der Waals surface area contributed by atoms with Crippen LogP contribution in [0.25, 0.3) is 0 Å². The summed E-state index contributed by atoms with van der Waals surface area (Å²) in [5.41, 5.74) is -1.68. The van der Waals surface area contributed by atoms with E-state index in [4.69, 9.17) is 9.47 Å². The molecule has 0 rings (SSSR count).